The van der Waals surface area contributed by atoms with Gasteiger partial charge in [0, 0.05) is 6.61 Å². The van der Waals surface area contributed by atoms with Gasteiger partial charge in [0.25, 0.3) is 0 Å². The molecule has 0 aliphatic rings. The predicted molar refractivity (Wildman–Crippen MR) is 100 cm³/mol. The van der Waals surface area contributed by atoms with Gasteiger partial charge in [-0.25, -0.2) is 8.93 Å². The summed E-state index contributed by atoms with van der Waals surface area (Å²) in [6, 6.07) is 19.2. The van der Waals surface area contributed by atoms with E-state index in [1.54, 1.807) is 0 Å². The van der Waals surface area contributed by atoms with E-state index in [1.807, 2.05) is 68.4 Å². The van der Waals surface area contributed by atoms with Gasteiger partial charge in [0.05, 0.1) is 17.6 Å². The Morgan fingerprint density at radius 2 is 1.84 bits per heavy atom. The van der Waals surface area contributed by atoms with Crippen LogP contribution >= 0.6 is 0 Å². The standard InChI is InChI=1S/C20H24N2O2S/c1-16-8-10-20(11-9-16)25(23)22-19(13-21)12-17(2)14-24-15-18-6-4-3-5-7-18/h3-11,17,19,22H,12,14-15H2,1-2H3/t17-,19+,25+/m1/s1. The highest BCUT2D eigenvalue weighted by Gasteiger charge is 2.16. The molecule has 2 aromatic rings. The van der Waals surface area contributed by atoms with Gasteiger partial charge in [-0.2, -0.15) is 5.26 Å². The molecule has 0 radical (unpaired) electrons. The van der Waals surface area contributed by atoms with Gasteiger partial charge in [0.2, 0.25) is 0 Å². The average molecular weight is 356 g/mol. The Labute approximate surface area is 152 Å². The molecule has 5 heteroatoms. The van der Waals surface area contributed by atoms with E-state index in [0.717, 1.165) is 11.1 Å². The molecule has 0 heterocycles. The third-order valence-corrected chi connectivity index (χ3v) is 4.99. The summed E-state index contributed by atoms with van der Waals surface area (Å²) < 4.78 is 20.9. The maximum Gasteiger partial charge on any atom is 0.126 e. The van der Waals surface area contributed by atoms with Gasteiger partial charge in [0.1, 0.15) is 17.0 Å². The molecule has 3 atom stereocenters. The first-order valence-electron chi connectivity index (χ1n) is 8.34. The lowest BCUT2D eigenvalue weighted by Gasteiger charge is -2.16. The first-order valence-corrected chi connectivity index (χ1v) is 9.49. The summed E-state index contributed by atoms with van der Waals surface area (Å²) in [4.78, 5) is 0.679. The highest BCUT2D eigenvalue weighted by atomic mass is 32.2. The summed E-state index contributed by atoms with van der Waals surface area (Å²) in [6.45, 7) is 5.14. The minimum atomic E-state index is -1.39. The molecular formula is C20H24N2O2S. The minimum Gasteiger partial charge on any atom is -0.376 e. The van der Waals surface area contributed by atoms with Gasteiger partial charge in [-0.3, -0.25) is 0 Å². The molecule has 0 unspecified atom stereocenters. The van der Waals surface area contributed by atoms with Crippen LogP contribution in [0.15, 0.2) is 59.5 Å². The summed E-state index contributed by atoms with van der Waals surface area (Å²) in [5.74, 6) is 0.191. The van der Waals surface area contributed by atoms with E-state index < -0.39 is 17.0 Å². The molecule has 4 nitrogen and oxygen atoms in total. The monoisotopic (exact) mass is 356 g/mol. The molecule has 0 saturated carbocycles. The molecule has 0 amide bonds. The van der Waals surface area contributed by atoms with Crippen molar-refractivity contribution in [3.8, 4) is 6.07 Å². The zero-order valence-electron chi connectivity index (χ0n) is 14.6. The quantitative estimate of drug-likeness (QED) is 0.744. The lowest BCUT2D eigenvalue weighted by Crippen LogP contribution is -2.32. The molecule has 2 aromatic carbocycles. The summed E-state index contributed by atoms with van der Waals surface area (Å²) >= 11 is 0. The number of benzene rings is 2. The molecule has 0 aromatic heterocycles. The van der Waals surface area contributed by atoms with Crippen LogP contribution in [0.1, 0.15) is 24.5 Å². The van der Waals surface area contributed by atoms with Gasteiger partial charge in [-0.05, 0) is 37.0 Å². The van der Waals surface area contributed by atoms with Crippen molar-refractivity contribution in [1.82, 2.24) is 4.72 Å². The van der Waals surface area contributed by atoms with E-state index >= 15 is 0 Å². The largest absolute Gasteiger partial charge is 0.376 e. The van der Waals surface area contributed by atoms with Crippen LogP contribution in [0.3, 0.4) is 0 Å². The van der Waals surface area contributed by atoms with Crippen LogP contribution in [0.25, 0.3) is 0 Å². The fraction of sp³-hybridized carbons (Fsp3) is 0.350. The normalized spacial score (nSPS) is 14.4. The number of nitriles is 1. The van der Waals surface area contributed by atoms with Crippen molar-refractivity contribution >= 4 is 11.0 Å². The predicted octanol–water partition coefficient (Wildman–Crippen LogP) is 3.74. The van der Waals surface area contributed by atoms with E-state index in [4.69, 9.17) is 4.74 Å². The first kappa shape index (κ1) is 19.3. The number of ether oxygens (including phenoxy) is 1. The molecule has 25 heavy (non-hydrogen) atoms. The Morgan fingerprint density at radius 3 is 2.48 bits per heavy atom. The van der Waals surface area contributed by atoms with Gasteiger partial charge in [0.15, 0.2) is 0 Å². The van der Waals surface area contributed by atoms with Crippen LogP contribution in [-0.2, 0) is 22.3 Å². The zero-order chi connectivity index (χ0) is 18.1. The van der Waals surface area contributed by atoms with Gasteiger partial charge < -0.3 is 4.74 Å². The zero-order valence-corrected chi connectivity index (χ0v) is 15.5. The molecule has 0 aliphatic carbocycles. The Balaban J connectivity index is 1.77. The molecule has 0 saturated heterocycles. The highest BCUT2D eigenvalue weighted by Crippen LogP contribution is 2.12. The Kier molecular flexibility index (Phi) is 7.80. The second-order valence-electron chi connectivity index (χ2n) is 6.22. The number of rotatable bonds is 9. The maximum absolute atomic E-state index is 12.3. The number of hydrogen-bond donors (Lipinski definition) is 1. The second-order valence-corrected chi connectivity index (χ2v) is 7.47. The van der Waals surface area contributed by atoms with E-state index in [2.05, 4.69) is 10.8 Å². The molecule has 132 valence electrons. The lowest BCUT2D eigenvalue weighted by molar-refractivity contribution is 0.0884. The van der Waals surface area contributed by atoms with Crippen LogP contribution in [-0.4, -0.2) is 16.9 Å². The van der Waals surface area contributed by atoms with Crippen molar-refractivity contribution in [2.45, 2.75) is 37.8 Å². The van der Waals surface area contributed by atoms with Crippen molar-refractivity contribution in [2.75, 3.05) is 6.61 Å². The maximum atomic E-state index is 12.3. The topological polar surface area (TPSA) is 62.1 Å². The summed E-state index contributed by atoms with van der Waals surface area (Å²) in [6.07, 6.45) is 0.586. The molecule has 0 spiro atoms. The molecule has 0 fully saturated rings. The highest BCUT2D eigenvalue weighted by molar-refractivity contribution is 7.83. The molecule has 0 aliphatic heterocycles. The first-order chi connectivity index (χ1) is 12.1. The fourth-order valence-corrected chi connectivity index (χ4v) is 3.34. The van der Waals surface area contributed by atoms with Crippen molar-refractivity contribution < 1.29 is 8.95 Å². The van der Waals surface area contributed by atoms with Crippen LogP contribution < -0.4 is 4.72 Å². The van der Waals surface area contributed by atoms with E-state index in [0.29, 0.717) is 24.5 Å². The molecule has 1 N–H and O–H groups in total. The van der Waals surface area contributed by atoms with Crippen molar-refractivity contribution in [2.24, 2.45) is 5.92 Å². The summed E-state index contributed by atoms with van der Waals surface area (Å²) in [5, 5.41) is 9.33. The fourth-order valence-electron chi connectivity index (χ4n) is 2.41. The number of hydrogen-bond acceptors (Lipinski definition) is 3. The number of nitrogens with zero attached hydrogens (tertiary/aromatic N) is 1. The SMILES string of the molecule is Cc1ccc([S@](=O)N[C@H](C#N)C[C@@H](C)COCc2ccccc2)cc1. The van der Waals surface area contributed by atoms with E-state index in [1.165, 1.54) is 0 Å². The van der Waals surface area contributed by atoms with Crippen molar-refractivity contribution in [3.05, 3.63) is 65.7 Å². The third-order valence-electron chi connectivity index (χ3n) is 3.79. The van der Waals surface area contributed by atoms with E-state index in [9.17, 15) is 9.47 Å². The number of nitrogens with one attached hydrogen (secondary N) is 1. The van der Waals surface area contributed by atoms with E-state index in [-0.39, 0.29) is 5.92 Å². The van der Waals surface area contributed by atoms with Crippen molar-refractivity contribution in [3.63, 3.8) is 0 Å². The molecule has 0 bridgehead atoms. The molecular weight excluding hydrogens is 332 g/mol. The van der Waals surface area contributed by atoms with Gasteiger partial charge >= 0.3 is 0 Å². The van der Waals surface area contributed by atoms with Crippen LogP contribution in [0.5, 0.6) is 0 Å². The van der Waals surface area contributed by atoms with Gasteiger partial charge in [-0.15, -0.1) is 0 Å². The second kappa shape index (κ2) is 10.1. The Hall–Kier alpha value is -2.00. The smallest absolute Gasteiger partial charge is 0.126 e. The summed E-state index contributed by atoms with van der Waals surface area (Å²) in [7, 11) is -1.39. The van der Waals surface area contributed by atoms with Gasteiger partial charge in [-0.1, -0.05) is 55.0 Å². The third kappa shape index (κ3) is 6.79. The van der Waals surface area contributed by atoms with Crippen molar-refractivity contribution in [1.29, 1.82) is 5.26 Å². The molecule has 2 rings (SSSR count). The van der Waals surface area contributed by atoms with Crippen LogP contribution in [0.4, 0.5) is 0 Å². The summed E-state index contributed by atoms with van der Waals surface area (Å²) in [5.41, 5.74) is 2.24. The Morgan fingerprint density at radius 1 is 1.16 bits per heavy atom. The lowest BCUT2D eigenvalue weighted by atomic mass is 10.0. The average Bonchev–Trinajstić information content (AvgIpc) is 2.62. The Bertz CT molecular complexity index is 711. The minimum absolute atomic E-state index is 0.191. The number of aryl methyl sites for hydroxylation is 1. The van der Waals surface area contributed by atoms with Crippen LogP contribution in [0, 0.1) is 24.2 Å². The van der Waals surface area contributed by atoms with Crippen LogP contribution in [0.2, 0.25) is 0 Å².